The molecule has 0 saturated heterocycles. The molecule has 0 radical (unpaired) electrons. The van der Waals surface area contributed by atoms with Crippen LogP contribution in [-0.4, -0.2) is 19.5 Å². The number of aromatic nitrogens is 3. The van der Waals surface area contributed by atoms with Crippen molar-refractivity contribution in [2.24, 2.45) is 0 Å². The fourth-order valence-corrected chi connectivity index (χ4v) is 2.39. The van der Waals surface area contributed by atoms with Gasteiger partial charge in [-0.1, -0.05) is 15.9 Å². The van der Waals surface area contributed by atoms with E-state index in [4.69, 9.17) is 0 Å². The number of fused-ring (bicyclic) bond motifs is 3. The fraction of sp³-hybridized carbons (Fsp3) is 0.0909. The number of halogens is 1. The molecular formula is C11H7BrN4O2. The highest BCUT2D eigenvalue weighted by Crippen LogP contribution is 2.28. The van der Waals surface area contributed by atoms with Crippen molar-refractivity contribution < 1.29 is 4.92 Å². The second-order valence-electron chi connectivity index (χ2n) is 3.90. The van der Waals surface area contributed by atoms with Crippen molar-refractivity contribution >= 4 is 38.2 Å². The summed E-state index contributed by atoms with van der Waals surface area (Å²) in [6.45, 7) is 1.77. The SMILES string of the molecule is Cc1nnc2c([N+](=O)[O-])cc3cc(Br)ccc3n12. The van der Waals surface area contributed by atoms with Gasteiger partial charge in [0, 0.05) is 15.9 Å². The van der Waals surface area contributed by atoms with Crippen LogP contribution in [0, 0.1) is 17.0 Å². The minimum atomic E-state index is -0.441. The van der Waals surface area contributed by atoms with Crippen LogP contribution in [0.15, 0.2) is 28.7 Å². The van der Waals surface area contributed by atoms with Crippen LogP contribution in [0.25, 0.3) is 16.6 Å². The van der Waals surface area contributed by atoms with E-state index in [2.05, 4.69) is 26.1 Å². The van der Waals surface area contributed by atoms with Gasteiger partial charge < -0.3 is 0 Å². The summed E-state index contributed by atoms with van der Waals surface area (Å²) in [4.78, 5) is 10.6. The Morgan fingerprint density at radius 1 is 1.33 bits per heavy atom. The van der Waals surface area contributed by atoms with Gasteiger partial charge >= 0.3 is 5.69 Å². The first-order valence-corrected chi connectivity index (χ1v) is 5.95. The third kappa shape index (κ3) is 1.47. The Bertz CT molecular complexity index is 796. The minimum Gasteiger partial charge on any atom is -0.273 e. The van der Waals surface area contributed by atoms with E-state index in [0.717, 1.165) is 15.4 Å². The van der Waals surface area contributed by atoms with Crippen molar-refractivity contribution in [2.45, 2.75) is 6.92 Å². The van der Waals surface area contributed by atoms with Gasteiger partial charge in [-0.25, -0.2) is 0 Å². The highest BCUT2D eigenvalue weighted by molar-refractivity contribution is 9.10. The van der Waals surface area contributed by atoms with Crippen LogP contribution in [0.5, 0.6) is 0 Å². The van der Waals surface area contributed by atoms with Crippen molar-refractivity contribution in [3.8, 4) is 0 Å². The molecule has 0 atom stereocenters. The monoisotopic (exact) mass is 306 g/mol. The minimum absolute atomic E-state index is 0.0406. The first-order valence-electron chi connectivity index (χ1n) is 5.16. The average Bonchev–Trinajstić information content (AvgIpc) is 2.70. The smallest absolute Gasteiger partial charge is 0.273 e. The molecule has 0 aliphatic rings. The predicted molar refractivity (Wildman–Crippen MR) is 69.6 cm³/mol. The van der Waals surface area contributed by atoms with Crippen molar-refractivity contribution in [1.82, 2.24) is 14.6 Å². The summed E-state index contributed by atoms with van der Waals surface area (Å²) >= 11 is 3.36. The van der Waals surface area contributed by atoms with Gasteiger partial charge in [0.1, 0.15) is 5.82 Å². The van der Waals surface area contributed by atoms with Gasteiger partial charge in [0.05, 0.1) is 10.4 Å². The highest BCUT2D eigenvalue weighted by atomic mass is 79.9. The maximum absolute atomic E-state index is 11.1. The quantitative estimate of drug-likeness (QED) is 0.512. The fourth-order valence-electron chi connectivity index (χ4n) is 2.01. The molecule has 6 nitrogen and oxygen atoms in total. The van der Waals surface area contributed by atoms with Gasteiger partial charge in [-0.3, -0.25) is 14.5 Å². The number of benzene rings is 1. The Hall–Kier alpha value is -2.02. The van der Waals surface area contributed by atoms with E-state index >= 15 is 0 Å². The Kier molecular flexibility index (Phi) is 2.30. The number of hydrogen-bond acceptors (Lipinski definition) is 4. The molecule has 18 heavy (non-hydrogen) atoms. The van der Waals surface area contributed by atoms with Crippen LogP contribution in [0.2, 0.25) is 0 Å². The number of aryl methyl sites for hydroxylation is 1. The van der Waals surface area contributed by atoms with E-state index in [1.165, 1.54) is 6.07 Å². The first kappa shape index (κ1) is 11.1. The topological polar surface area (TPSA) is 73.3 Å². The molecule has 0 aliphatic carbocycles. The molecule has 7 heteroatoms. The van der Waals surface area contributed by atoms with E-state index in [1.807, 2.05) is 18.2 Å². The Morgan fingerprint density at radius 2 is 2.11 bits per heavy atom. The summed E-state index contributed by atoms with van der Waals surface area (Å²) in [5.41, 5.74) is 1.08. The lowest BCUT2D eigenvalue weighted by atomic mass is 10.2. The molecule has 3 aromatic rings. The zero-order chi connectivity index (χ0) is 12.9. The summed E-state index contributed by atoms with van der Waals surface area (Å²) in [5, 5.41) is 19.6. The summed E-state index contributed by atoms with van der Waals surface area (Å²) in [6, 6.07) is 7.12. The molecule has 1 aromatic carbocycles. The molecule has 2 heterocycles. The van der Waals surface area contributed by atoms with Crippen LogP contribution in [-0.2, 0) is 0 Å². The molecule has 3 rings (SSSR count). The van der Waals surface area contributed by atoms with E-state index in [0.29, 0.717) is 5.82 Å². The Balaban J connectivity index is 2.59. The van der Waals surface area contributed by atoms with Gasteiger partial charge in [-0.2, -0.15) is 0 Å². The molecule has 0 fully saturated rings. The number of nitro groups is 1. The maximum Gasteiger partial charge on any atom is 0.314 e. The zero-order valence-electron chi connectivity index (χ0n) is 9.29. The normalized spacial score (nSPS) is 11.2. The summed E-state index contributed by atoms with van der Waals surface area (Å²) in [7, 11) is 0. The number of nitrogens with zero attached hydrogens (tertiary/aromatic N) is 4. The predicted octanol–water partition coefficient (Wildman–Crippen LogP) is 2.86. The average molecular weight is 307 g/mol. The van der Waals surface area contributed by atoms with E-state index in [9.17, 15) is 10.1 Å². The van der Waals surface area contributed by atoms with E-state index in [-0.39, 0.29) is 11.3 Å². The second-order valence-corrected chi connectivity index (χ2v) is 4.81. The Morgan fingerprint density at radius 3 is 2.83 bits per heavy atom. The van der Waals surface area contributed by atoms with Crippen molar-refractivity contribution in [1.29, 1.82) is 0 Å². The number of pyridine rings is 1. The van der Waals surface area contributed by atoms with Crippen LogP contribution in [0.3, 0.4) is 0 Å². The van der Waals surface area contributed by atoms with Crippen molar-refractivity contribution in [2.75, 3.05) is 0 Å². The van der Waals surface area contributed by atoms with Gasteiger partial charge in [-0.05, 0) is 25.1 Å². The molecule has 0 unspecified atom stereocenters. The lowest BCUT2D eigenvalue weighted by Crippen LogP contribution is -1.97. The van der Waals surface area contributed by atoms with E-state index < -0.39 is 4.92 Å². The van der Waals surface area contributed by atoms with Crippen LogP contribution in [0.4, 0.5) is 5.69 Å². The highest BCUT2D eigenvalue weighted by Gasteiger charge is 2.19. The van der Waals surface area contributed by atoms with Gasteiger partial charge in [-0.15, -0.1) is 10.2 Å². The molecular weight excluding hydrogens is 300 g/mol. The Labute approximate surface area is 110 Å². The van der Waals surface area contributed by atoms with Crippen LogP contribution < -0.4 is 0 Å². The summed E-state index contributed by atoms with van der Waals surface area (Å²) in [6.07, 6.45) is 0. The molecule has 2 aromatic heterocycles. The van der Waals surface area contributed by atoms with E-state index in [1.54, 1.807) is 11.3 Å². The lowest BCUT2D eigenvalue weighted by molar-refractivity contribution is -0.383. The molecule has 0 spiro atoms. The maximum atomic E-state index is 11.1. The second kappa shape index (κ2) is 3.74. The molecule has 0 bridgehead atoms. The molecule has 0 saturated carbocycles. The molecule has 0 aliphatic heterocycles. The number of hydrogen-bond donors (Lipinski definition) is 0. The third-order valence-corrected chi connectivity index (χ3v) is 3.27. The van der Waals surface area contributed by atoms with Gasteiger partial charge in [0.15, 0.2) is 0 Å². The summed E-state index contributed by atoms with van der Waals surface area (Å²) < 4.78 is 2.56. The molecule has 90 valence electrons. The van der Waals surface area contributed by atoms with Crippen molar-refractivity contribution in [3.63, 3.8) is 0 Å². The lowest BCUT2D eigenvalue weighted by Gasteiger charge is -2.04. The molecule has 0 amide bonds. The van der Waals surface area contributed by atoms with Gasteiger partial charge in [0.25, 0.3) is 0 Å². The van der Waals surface area contributed by atoms with Crippen molar-refractivity contribution in [3.05, 3.63) is 44.7 Å². The van der Waals surface area contributed by atoms with Crippen LogP contribution >= 0.6 is 15.9 Å². The van der Waals surface area contributed by atoms with Crippen LogP contribution in [0.1, 0.15) is 5.82 Å². The summed E-state index contributed by atoms with van der Waals surface area (Å²) in [5.74, 6) is 0.626. The number of rotatable bonds is 1. The standard InChI is InChI=1S/C11H7BrN4O2/c1-6-13-14-11-10(16(17)18)5-7-4-8(12)2-3-9(7)15(6)11/h2-5H,1H3. The zero-order valence-corrected chi connectivity index (χ0v) is 10.9. The third-order valence-electron chi connectivity index (χ3n) is 2.77. The van der Waals surface area contributed by atoms with Gasteiger partial charge in [0.2, 0.25) is 5.65 Å². The molecule has 0 N–H and O–H groups in total. The first-order chi connectivity index (χ1) is 8.58. The largest absolute Gasteiger partial charge is 0.314 e.